The number of hydrogen-bond donors (Lipinski definition) is 1. The molecule has 7 heteroatoms. The molecule has 6 nitrogen and oxygen atoms in total. The Morgan fingerprint density at radius 3 is 2.63 bits per heavy atom. The molecule has 19 heavy (non-hydrogen) atoms. The van der Waals surface area contributed by atoms with Crippen LogP contribution in [0.15, 0.2) is 34.9 Å². The summed E-state index contributed by atoms with van der Waals surface area (Å²) in [7, 11) is -3.32. The highest BCUT2D eigenvalue weighted by Gasteiger charge is 2.17. The van der Waals surface area contributed by atoms with Crippen LogP contribution in [0.4, 0.5) is 0 Å². The molecule has 0 aliphatic heterocycles. The van der Waals surface area contributed by atoms with Gasteiger partial charge in [-0.3, -0.25) is 0 Å². The highest BCUT2D eigenvalue weighted by atomic mass is 32.2. The van der Waals surface area contributed by atoms with E-state index in [9.17, 15) is 8.42 Å². The lowest BCUT2D eigenvalue weighted by Crippen LogP contribution is -2.10. The Kier molecular flexibility index (Phi) is 4.28. The summed E-state index contributed by atoms with van der Waals surface area (Å²) in [6.07, 6.45) is 0.210. The molecule has 1 N–H and O–H groups in total. The van der Waals surface area contributed by atoms with Gasteiger partial charge in [0.2, 0.25) is 11.7 Å². The normalized spacial score (nSPS) is 11.6. The number of aliphatic hydroxyl groups excluding tert-OH is 1. The maximum Gasteiger partial charge on any atom is 0.242 e. The van der Waals surface area contributed by atoms with Gasteiger partial charge in [-0.15, -0.1) is 0 Å². The standard InChI is InChI=1S/C12H14N2O4S/c15-7-4-8-19(16,17)9-11-13-12(14-18-11)10-5-2-1-3-6-10/h1-3,5-6,15H,4,7-9H2. The van der Waals surface area contributed by atoms with E-state index in [-0.39, 0.29) is 30.4 Å². The predicted octanol–water partition coefficient (Wildman–Crippen LogP) is 1.03. The van der Waals surface area contributed by atoms with Crippen LogP contribution in [0.25, 0.3) is 11.4 Å². The average molecular weight is 282 g/mol. The lowest BCUT2D eigenvalue weighted by Gasteiger charge is -1.98. The summed E-state index contributed by atoms with van der Waals surface area (Å²) < 4.78 is 28.3. The number of rotatable bonds is 6. The van der Waals surface area contributed by atoms with Crippen molar-refractivity contribution in [2.75, 3.05) is 12.4 Å². The second kappa shape index (κ2) is 5.94. The van der Waals surface area contributed by atoms with E-state index in [0.29, 0.717) is 5.82 Å². The Balaban J connectivity index is 2.10. The first-order chi connectivity index (χ1) is 9.11. The molecule has 0 saturated carbocycles. The number of benzene rings is 1. The van der Waals surface area contributed by atoms with Crippen molar-refractivity contribution in [1.82, 2.24) is 10.1 Å². The van der Waals surface area contributed by atoms with Crippen molar-refractivity contribution in [2.45, 2.75) is 12.2 Å². The first kappa shape index (κ1) is 13.7. The molecule has 0 radical (unpaired) electrons. The summed E-state index contributed by atoms with van der Waals surface area (Å²) in [4.78, 5) is 4.05. The number of aliphatic hydroxyl groups is 1. The van der Waals surface area contributed by atoms with E-state index in [4.69, 9.17) is 9.63 Å². The maximum atomic E-state index is 11.7. The van der Waals surface area contributed by atoms with E-state index in [0.717, 1.165) is 5.56 Å². The molecule has 0 aliphatic carbocycles. The zero-order valence-corrected chi connectivity index (χ0v) is 11.0. The number of nitrogens with zero attached hydrogens (tertiary/aromatic N) is 2. The molecular weight excluding hydrogens is 268 g/mol. The van der Waals surface area contributed by atoms with Gasteiger partial charge in [-0.1, -0.05) is 35.5 Å². The van der Waals surface area contributed by atoms with Crippen LogP contribution in [0.2, 0.25) is 0 Å². The van der Waals surface area contributed by atoms with Crippen LogP contribution < -0.4 is 0 Å². The topological polar surface area (TPSA) is 93.3 Å². The van der Waals surface area contributed by atoms with Gasteiger partial charge in [-0.2, -0.15) is 4.98 Å². The Labute approximate surface area is 111 Å². The maximum absolute atomic E-state index is 11.7. The van der Waals surface area contributed by atoms with Crippen LogP contribution in [0.1, 0.15) is 12.3 Å². The fraction of sp³-hybridized carbons (Fsp3) is 0.333. The lowest BCUT2D eigenvalue weighted by atomic mass is 10.2. The number of hydrogen-bond acceptors (Lipinski definition) is 6. The van der Waals surface area contributed by atoms with Crippen LogP contribution in [0.5, 0.6) is 0 Å². The SMILES string of the molecule is O=S(=O)(CCCO)Cc1nc(-c2ccccc2)no1. The van der Waals surface area contributed by atoms with E-state index in [1.54, 1.807) is 0 Å². The van der Waals surface area contributed by atoms with Crippen molar-refractivity contribution < 1.29 is 18.0 Å². The van der Waals surface area contributed by atoms with Crippen molar-refractivity contribution >= 4 is 9.84 Å². The molecule has 102 valence electrons. The van der Waals surface area contributed by atoms with Crippen molar-refractivity contribution in [2.24, 2.45) is 0 Å². The molecule has 0 amide bonds. The lowest BCUT2D eigenvalue weighted by molar-refractivity contribution is 0.295. The van der Waals surface area contributed by atoms with Gasteiger partial charge < -0.3 is 9.63 Å². The fourth-order valence-corrected chi connectivity index (χ4v) is 2.77. The minimum atomic E-state index is -3.32. The molecule has 0 aliphatic rings. The van der Waals surface area contributed by atoms with Gasteiger partial charge in [0.25, 0.3) is 0 Å². The summed E-state index contributed by atoms with van der Waals surface area (Å²) in [5.74, 6) is 0.0455. The van der Waals surface area contributed by atoms with E-state index >= 15 is 0 Å². The first-order valence-electron chi connectivity index (χ1n) is 5.80. The van der Waals surface area contributed by atoms with Crippen LogP contribution in [0.3, 0.4) is 0 Å². The molecule has 0 fully saturated rings. The highest BCUT2D eigenvalue weighted by molar-refractivity contribution is 7.90. The predicted molar refractivity (Wildman–Crippen MR) is 68.9 cm³/mol. The fourth-order valence-electron chi connectivity index (χ4n) is 1.56. The van der Waals surface area contributed by atoms with E-state index in [2.05, 4.69) is 10.1 Å². The van der Waals surface area contributed by atoms with Crippen molar-refractivity contribution in [3.05, 3.63) is 36.2 Å². The molecule has 0 atom stereocenters. The zero-order chi connectivity index (χ0) is 13.7. The van der Waals surface area contributed by atoms with Crippen LogP contribution >= 0.6 is 0 Å². The van der Waals surface area contributed by atoms with Gasteiger partial charge in [0.1, 0.15) is 5.75 Å². The van der Waals surface area contributed by atoms with Crippen molar-refractivity contribution in [3.8, 4) is 11.4 Å². The summed E-state index contributed by atoms with van der Waals surface area (Å²) in [5.41, 5.74) is 0.769. The molecule has 1 aromatic heterocycles. The van der Waals surface area contributed by atoms with Crippen LogP contribution in [-0.4, -0.2) is 36.0 Å². The van der Waals surface area contributed by atoms with E-state index in [1.165, 1.54) is 0 Å². The molecule has 0 unspecified atom stereocenters. The second-order valence-electron chi connectivity index (χ2n) is 4.05. The number of sulfone groups is 1. The third kappa shape index (κ3) is 3.87. The zero-order valence-electron chi connectivity index (χ0n) is 10.2. The molecule has 0 saturated heterocycles. The van der Waals surface area contributed by atoms with Gasteiger partial charge in [-0.05, 0) is 6.42 Å². The summed E-state index contributed by atoms with van der Waals surface area (Å²) >= 11 is 0. The third-order valence-electron chi connectivity index (χ3n) is 2.46. The highest BCUT2D eigenvalue weighted by Crippen LogP contribution is 2.16. The van der Waals surface area contributed by atoms with Crippen LogP contribution in [-0.2, 0) is 15.6 Å². The first-order valence-corrected chi connectivity index (χ1v) is 7.62. The third-order valence-corrected chi connectivity index (χ3v) is 4.05. The van der Waals surface area contributed by atoms with Gasteiger partial charge in [0.15, 0.2) is 9.84 Å². The summed E-state index contributed by atoms with van der Waals surface area (Å²) in [6, 6.07) is 9.17. The van der Waals surface area contributed by atoms with Crippen molar-refractivity contribution in [3.63, 3.8) is 0 Å². The van der Waals surface area contributed by atoms with Gasteiger partial charge in [0.05, 0.1) is 5.75 Å². The van der Waals surface area contributed by atoms with Gasteiger partial charge in [-0.25, -0.2) is 8.42 Å². The van der Waals surface area contributed by atoms with Gasteiger partial charge >= 0.3 is 0 Å². The monoisotopic (exact) mass is 282 g/mol. The second-order valence-corrected chi connectivity index (χ2v) is 6.23. The van der Waals surface area contributed by atoms with Crippen molar-refractivity contribution in [1.29, 1.82) is 0 Å². The van der Waals surface area contributed by atoms with Gasteiger partial charge in [0, 0.05) is 12.2 Å². The molecule has 1 aromatic carbocycles. The molecule has 2 aromatic rings. The van der Waals surface area contributed by atoms with Crippen LogP contribution in [0, 0.1) is 0 Å². The molecule has 0 bridgehead atoms. The Bertz CT molecular complexity index is 622. The Morgan fingerprint density at radius 2 is 1.95 bits per heavy atom. The minimum Gasteiger partial charge on any atom is -0.396 e. The number of aromatic nitrogens is 2. The van der Waals surface area contributed by atoms with E-state index in [1.807, 2.05) is 30.3 Å². The quantitative estimate of drug-likeness (QED) is 0.850. The summed E-state index contributed by atoms with van der Waals surface area (Å²) in [5, 5.41) is 12.4. The minimum absolute atomic E-state index is 0.0665. The average Bonchev–Trinajstić information content (AvgIpc) is 2.85. The summed E-state index contributed by atoms with van der Waals surface area (Å²) in [6.45, 7) is -0.154. The molecule has 1 heterocycles. The molecular formula is C12H14N2O4S. The molecule has 0 spiro atoms. The largest absolute Gasteiger partial charge is 0.396 e. The Hall–Kier alpha value is -1.73. The Morgan fingerprint density at radius 1 is 1.21 bits per heavy atom. The molecule has 2 rings (SSSR count). The smallest absolute Gasteiger partial charge is 0.242 e. The van der Waals surface area contributed by atoms with E-state index < -0.39 is 9.84 Å².